The first-order valence-corrected chi connectivity index (χ1v) is 11.0. The number of nitriles is 1. The fourth-order valence-electron chi connectivity index (χ4n) is 3.21. The molecule has 7 nitrogen and oxygen atoms in total. The summed E-state index contributed by atoms with van der Waals surface area (Å²) in [5.74, 6) is 0.816. The summed E-state index contributed by atoms with van der Waals surface area (Å²) >= 11 is 1.57. The number of anilines is 1. The molecule has 1 saturated heterocycles. The van der Waals surface area contributed by atoms with Crippen molar-refractivity contribution in [3.8, 4) is 16.5 Å². The van der Waals surface area contributed by atoms with Gasteiger partial charge in [0.25, 0.3) is 0 Å². The van der Waals surface area contributed by atoms with Gasteiger partial charge in [-0.15, -0.1) is 11.3 Å². The third kappa shape index (κ3) is 3.38. The number of piperazine rings is 1. The molecule has 0 radical (unpaired) electrons. The molecule has 2 aromatic heterocycles. The third-order valence-electron chi connectivity index (χ3n) is 4.72. The SMILES string of the molecule is C=CS(=O)(=O)N1CCN(c2ncnc3sc(-c4ccc(C#N)cc4)cc23)CC1. The Morgan fingerprint density at radius 1 is 1.14 bits per heavy atom. The summed E-state index contributed by atoms with van der Waals surface area (Å²) in [7, 11) is -3.39. The first-order chi connectivity index (χ1) is 13.5. The summed E-state index contributed by atoms with van der Waals surface area (Å²) in [6, 6.07) is 11.6. The number of hydrogen-bond acceptors (Lipinski definition) is 7. The maximum Gasteiger partial charge on any atom is 0.235 e. The summed E-state index contributed by atoms with van der Waals surface area (Å²) in [5, 5.41) is 10.9. The van der Waals surface area contributed by atoms with Crippen LogP contribution in [0.1, 0.15) is 5.56 Å². The summed E-state index contributed by atoms with van der Waals surface area (Å²) < 4.78 is 25.4. The summed E-state index contributed by atoms with van der Waals surface area (Å²) in [4.78, 5) is 12.9. The van der Waals surface area contributed by atoms with E-state index in [1.807, 2.05) is 12.1 Å². The van der Waals surface area contributed by atoms with Crippen molar-refractivity contribution >= 4 is 37.4 Å². The smallest absolute Gasteiger partial charge is 0.235 e. The standard InChI is InChI=1S/C19H17N5O2S2/c1-2-28(25,26)24-9-7-23(8-10-24)18-16-11-17(27-19(16)22-13-21-18)15-5-3-14(12-20)4-6-15/h2-6,11,13H,1,7-10H2. The van der Waals surface area contributed by atoms with Gasteiger partial charge in [0.05, 0.1) is 17.0 Å². The molecule has 28 heavy (non-hydrogen) atoms. The van der Waals surface area contributed by atoms with E-state index in [0.29, 0.717) is 31.7 Å². The van der Waals surface area contributed by atoms with Crippen LogP contribution in [0.4, 0.5) is 5.82 Å². The Morgan fingerprint density at radius 3 is 2.50 bits per heavy atom. The molecule has 0 amide bonds. The van der Waals surface area contributed by atoms with E-state index in [1.54, 1.807) is 29.8 Å². The average Bonchev–Trinajstić information content (AvgIpc) is 3.18. The second-order valence-electron chi connectivity index (χ2n) is 6.31. The first-order valence-electron chi connectivity index (χ1n) is 8.64. The lowest BCUT2D eigenvalue weighted by molar-refractivity contribution is 0.389. The minimum Gasteiger partial charge on any atom is -0.353 e. The van der Waals surface area contributed by atoms with Crippen LogP contribution in [-0.4, -0.2) is 48.9 Å². The van der Waals surface area contributed by atoms with E-state index >= 15 is 0 Å². The molecule has 3 heterocycles. The van der Waals surface area contributed by atoms with Crippen molar-refractivity contribution in [1.82, 2.24) is 14.3 Å². The van der Waals surface area contributed by atoms with Crippen LogP contribution in [0.2, 0.25) is 0 Å². The van der Waals surface area contributed by atoms with Gasteiger partial charge in [-0.3, -0.25) is 0 Å². The number of benzene rings is 1. The summed E-state index contributed by atoms with van der Waals surface area (Å²) in [6.45, 7) is 5.29. The number of nitrogens with zero attached hydrogens (tertiary/aromatic N) is 5. The van der Waals surface area contributed by atoms with E-state index < -0.39 is 10.0 Å². The van der Waals surface area contributed by atoms with Crippen molar-refractivity contribution in [2.75, 3.05) is 31.1 Å². The van der Waals surface area contributed by atoms with Crippen LogP contribution in [0, 0.1) is 11.3 Å². The van der Waals surface area contributed by atoms with Gasteiger partial charge in [0.1, 0.15) is 17.0 Å². The summed E-state index contributed by atoms with van der Waals surface area (Å²) in [5.41, 5.74) is 1.65. The second-order valence-corrected chi connectivity index (χ2v) is 9.22. The second kappa shape index (κ2) is 7.31. The van der Waals surface area contributed by atoms with Crippen molar-refractivity contribution in [2.24, 2.45) is 0 Å². The largest absolute Gasteiger partial charge is 0.353 e. The zero-order chi connectivity index (χ0) is 19.7. The maximum atomic E-state index is 12.0. The molecule has 0 atom stereocenters. The number of hydrogen-bond donors (Lipinski definition) is 0. The van der Waals surface area contributed by atoms with Crippen LogP contribution in [-0.2, 0) is 10.0 Å². The Morgan fingerprint density at radius 2 is 1.86 bits per heavy atom. The number of rotatable bonds is 4. The molecule has 0 saturated carbocycles. The molecule has 3 aromatic rings. The first kappa shape index (κ1) is 18.6. The Labute approximate surface area is 167 Å². The van der Waals surface area contributed by atoms with Crippen LogP contribution >= 0.6 is 11.3 Å². The number of sulfonamides is 1. The fraction of sp³-hybridized carbons (Fsp3) is 0.211. The molecule has 142 valence electrons. The lowest BCUT2D eigenvalue weighted by atomic mass is 10.1. The van der Waals surface area contributed by atoms with Crippen molar-refractivity contribution in [2.45, 2.75) is 0 Å². The van der Waals surface area contributed by atoms with Crippen molar-refractivity contribution in [1.29, 1.82) is 5.26 Å². The van der Waals surface area contributed by atoms with Gasteiger partial charge in [-0.25, -0.2) is 18.4 Å². The van der Waals surface area contributed by atoms with E-state index in [1.165, 1.54) is 4.31 Å². The van der Waals surface area contributed by atoms with Gasteiger partial charge < -0.3 is 4.90 Å². The van der Waals surface area contributed by atoms with Gasteiger partial charge in [0, 0.05) is 36.5 Å². The molecular weight excluding hydrogens is 394 g/mol. The Kier molecular flexibility index (Phi) is 4.85. The van der Waals surface area contributed by atoms with E-state index in [-0.39, 0.29) is 0 Å². The number of aromatic nitrogens is 2. The van der Waals surface area contributed by atoms with Crippen LogP contribution in [0.3, 0.4) is 0 Å². The molecule has 1 fully saturated rings. The van der Waals surface area contributed by atoms with Gasteiger partial charge in [-0.05, 0) is 23.8 Å². The van der Waals surface area contributed by atoms with Gasteiger partial charge in [-0.1, -0.05) is 18.7 Å². The highest BCUT2D eigenvalue weighted by molar-refractivity contribution is 7.92. The Balaban J connectivity index is 1.63. The van der Waals surface area contributed by atoms with Crippen LogP contribution in [0.5, 0.6) is 0 Å². The van der Waals surface area contributed by atoms with Gasteiger partial charge >= 0.3 is 0 Å². The molecule has 4 rings (SSSR count). The molecule has 1 aromatic carbocycles. The highest BCUT2D eigenvalue weighted by Crippen LogP contribution is 2.36. The van der Waals surface area contributed by atoms with E-state index in [4.69, 9.17) is 5.26 Å². The highest BCUT2D eigenvalue weighted by Gasteiger charge is 2.26. The minimum absolute atomic E-state index is 0.395. The predicted octanol–water partition coefficient (Wildman–Crippen LogP) is 2.83. The van der Waals surface area contributed by atoms with Gasteiger partial charge in [0.2, 0.25) is 10.0 Å². The zero-order valence-corrected chi connectivity index (χ0v) is 16.6. The fourth-order valence-corrected chi connectivity index (χ4v) is 5.09. The monoisotopic (exact) mass is 411 g/mol. The topological polar surface area (TPSA) is 90.2 Å². The average molecular weight is 412 g/mol. The van der Waals surface area contributed by atoms with E-state index in [9.17, 15) is 8.42 Å². The molecule has 1 aliphatic rings. The van der Waals surface area contributed by atoms with E-state index in [2.05, 4.69) is 33.6 Å². The third-order valence-corrected chi connectivity index (χ3v) is 7.31. The molecule has 0 aliphatic carbocycles. The lowest BCUT2D eigenvalue weighted by Gasteiger charge is -2.34. The zero-order valence-electron chi connectivity index (χ0n) is 14.9. The molecular formula is C19H17N5O2S2. The molecule has 0 spiro atoms. The van der Waals surface area contributed by atoms with Crippen LogP contribution < -0.4 is 4.90 Å². The van der Waals surface area contributed by atoms with Crippen molar-refractivity contribution < 1.29 is 8.42 Å². The highest BCUT2D eigenvalue weighted by atomic mass is 32.2. The van der Waals surface area contributed by atoms with Crippen molar-refractivity contribution in [3.05, 3.63) is 54.2 Å². The maximum absolute atomic E-state index is 12.0. The minimum atomic E-state index is -3.39. The molecule has 0 bridgehead atoms. The molecule has 1 aliphatic heterocycles. The Hall–Kier alpha value is -2.80. The molecule has 0 N–H and O–H groups in total. The molecule has 9 heteroatoms. The molecule has 0 unspecified atom stereocenters. The van der Waals surface area contributed by atoms with Crippen LogP contribution in [0.15, 0.2) is 48.6 Å². The number of thiophene rings is 1. The quantitative estimate of drug-likeness (QED) is 0.656. The van der Waals surface area contributed by atoms with Gasteiger partial charge in [-0.2, -0.15) is 9.57 Å². The lowest BCUT2D eigenvalue weighted by Crippen LogP contribution is -2.48. The van der Waals surface area contributed by atoms with E-state index in [0.717, 1.165) is 31.9 Å². The van der Waals surface area contributed by atoms with Crippen molar-refractivity contribution in [3.63, 3.8) is 0 Å². The number of fused-ring (bicyclic) bond motifs is 1. The Bertz CT molecular complexity index is 1170. The predicted molar refractivity (Wildman–Crippen MR) is 110 cm³/mol. The van der Waals surface area contributed by atoms with Gasteiger partial charge in [0.15, 0.2) is 0 Å². The summed E-state index contributed by atoms with van der Waals surface area (Å²) in [6.07, 6.45) is 1.55. The normalized spacial score (nSPS) is 15.5. The van der Waals surface area contributed by atoms with Crippen LogP contribution in [0.25, 0.3) is 20.7 Å².